The fraction of sp³-hybridized carbons (Fsp3) is 0.316. The molecule has 0 aliphatic carbocycles. The molecule has 2 aromatic carbocycles. The van der Waals surface area contributed by atoms with Gasteiger partial charge in [-0.1, -0.05) is 24.3 Å². The number of benzene rings is 2. The molecule has 4 nitrogen and oxygen atoms in total. The van der Waals surface area contributed by atoms with Crippen LogP contribution in [-0.2, 0) is 0 Å². The van der Waals surface area contributed by atoms with E-state index in [1.807, 2.05) is 6.92 Å². The highest BCUT2D eigenvalue weighted by Crippen LogP contribution is 2.17. The summed E-state index contributed by atoms with van der Waals surface area (Å²) in [5.74, 6) is 0.314. The number of ketones is 1. The summed E-state index contributed by atoms with van der Waals surface area (Å²) in [6, 6.07) is 12.5. The van der Waals surface area contributed by atoms with Crippen LogP contribution in [0, 0.1) is 5.82 Å². The summed E-state index contributed by atoms with van der Waals surface area (Å²) in [6.45, 7) is 2.26. The Labute approximate surface area is 141 Å². The second-order valence-corrected chi connectivity index (χ2v) is 5.64. The van der Waals surface area contributed by atoms with Crippen LogP contribution in [0.2, 0.25) is 0 Å². The number of Topliss-reactive ketones (excluding diaryl/α,β-unsaturated/α-hetero) is 1. The van der Waals surface area contributed by atoms with Gasteiger partial charge >= 0.3 is 0 Å². The molecule has 24 heavy (non-hydrogen) atoms. The maximum Gasteiger partial charge on any atom is 0.164 e. The Balaban J connectivity index is 1.84. The zero-order valence-electron chi connectivity index (χ0n) is 13.8. The van der Waals surface area contributed by atoms with Crippen molar-refractivity contribution in [3.8, 4) is 5.75 Å². The molecular weight excluding hydrogens is 309 g/mol. The molecule has 0 amide bonds. The lowest BCUT2D eigenvalue weighted by Gasteiger charge is -2.20. The average molecular weight is 331 g/mol. The van der Waals surface area contributed by atoms with Crippen molar-refractivity contribution in [3.05, 3.63) is 65.5 Å². The number of rotatable bonds is 8. The van der Waals surface area contributed by atoms with Crippen molar-refractivity contribution >= 4 is 5.78 Å². The highest BCUT2D eigenvalue weighted by atomic mass is 19.1. The number of carbonyl (C=O) groups is 1. The topological polar surface area (TPSA) is 58.6 Å². The molecule has 2 aromatic rings. The number of aliphatic hydroxyl groups is 1. The van der Waals surface area contributed by atoms with Crippen molar-refractivity contribution in [3.63, 3.8) is 0 Å². The van der Waals surface area contributed by atoms with Crippen molar-refractivity contribution in [1.29, 1.82) is 0 Å². The Kier molecular flexibility index (Phi) is 6.46. The van der Waals surface area contributed by atoms with Crippen LogP contribution in [0.15, 0.2) is 48.5 Å². The van der Waals surface area contributed by atoms with E-state index in [2.05, 4.69) is 5.32 Å². The fourth-order valence-corrected chi connectivity index (χ4v) is 2.41. The van der Waals surface area contributed by atoms with Crippen LogP contribution >= 0.6 is 0 Å². The quantitative estimate of drug-likeness (QED) is 0.730. The standard InChI is InChI=1S/C19H22FNO3/c1-13(19(23)14-6-8-16(20)9-7-14)21-11-10-18(22)15-4-3-5-17(12-15)24-2/h3-9,12-13,19,21,23H,10-11H2,1-2H3. The molecule has 128 valence electrons. The van der Waals surface area contributed by atoms with Crippen LogP contribution in [0.4, 0.5) is 4.39 Å². The molecule has 0 radical (unpaired) electrons. The number of hydrogen-bond donors (Lipinski definition) is 2. The van der Waals surface area contributed by atoms with Gasteiger partial charge in [0.1, 0.15) is 11.6 Å². The first-order chi connectivity index (χ1) is 11.5. The lowest BCUT2D eigenvalue weighted by molar-refractivity contribution is 0.0971. The summed E-state index contributed by atoms with van der Waals surface area (Å²) in [4.78, 5) is 12.2. The van der Waals surface area contributed by atoms with E-state index in [-0.39, 0.29) is 17.6 Å². The van der Waals surface area contributed by atoms with Crippen LogP contribution in [0.5, 0.6) is 5.75 Å². The Morgan fingerprint density at radius 2 is 1.96 bits per heavy atom. The van der Waals surface area contributed by atoms with E-state index in [4.69, 9.17) is 4.74 Å². The summed E-state index contributed by atoms with van der Waals surface area (Å²) < 4.78 is 18.0. The second-order valence-electron chi connectivity index (χ2n) is 5.64. The van der Waals surface area contributed by atoms with Crippen molar-refractivity contribution in [2.45, 2.75) is 25.5 Å². The molecule has 2 N–H and O–H groups in total. The highest BCUT2D eigenvalue weighted by molar-refractivity contribution is 5.96. The third kappa shape index (κ3) is 4.88. The summed E-state index contributed by atoms with van der Waals surface area (Å²) in [5, 5.41) is 13.4. The number of ether oxygens (including phenoxy) is 1. The van der Waals surface area contributed by atoms with Crippen molar-refractivity contribution in [1.82, 2.24) is 5.32 Å². The van der Waals surface area contributed by atoms with Gasteiger partial charge in [-0.2, -0.15) is 0 Å². The number of nitrogens with one attached hydrogen (secondary N) is 1. The van der Waals surface area contributed by atoms with E-state index in [0.29, 0.717) is 29.8 Å². The Hall–Kier alpha value is -2.24. The zero-order chi connectivity index (χ0) is 17.5. The van der Waals surface area contributed by atoms with Crippen LogP contribution in [-0.4, -0.2) is 30.6 Å². The predicted octanol–water partition coefficient (Wildman–Crippen LogP) is 3.12. The van der Waals surface area contributed by atoms with E-state index in [9.17, 15) is 14.3 Å². The maximum absolute atomic E-state index is 12.9. The first-order valence-electron chi connectivity index (χ1n) is 7.85. The average Bonchev–Trinajstić information content (AvgIpc) is 2.61. The van der Waals surface area contributed by atoms with Crippen molar-refractivity contribution < 1.29 is 19.0 Å². The minimum absolute atomic E-state index is 0.00451. The molecule has 0 spiro atoms. The Morgan fingerprint density at radius 1 is 1.25 bits per heavy atom. The molecule has 5 heteroatoms. The van der Waals surface area contributed by atoms with Crippen molar-refractivity contribution in [2.75, 3.05) is 13.7 Å². The molecule has 0 saturated heterocycles. The van der Waals surface area contributed by atoms with E-state index in [1.165, 1.54) is 12.1 Å². The number of methoxy groups -OCH3 is 1. The molecule has 2 rings (SSSR count). The van der Waals surface area contributed by atoms with Gasteiger partial charge in [0, 0.05) is 24.6 Å². The predicted molar refractivity (Wildman–Crippen MR) is 90.8 cm³/mol. The Morgan fingerprint density at radius 3 is 2.62 bits per heavy atom. The summed E-state index contributed by atoms with van der Waals surface area (Å²) in [6.07, 6.45) is -0.453. The molecule has 2 unspecified atom stereocenters. The van der Waals surface area contributed by atoms with Gasteiger partial charge in [-0.05, 0) is 36.8 Å². The van der Waals surface area contributed by atoms with Gasteiger partial charge in [0.15, 0.2) is 5.78 Å². The smallest absolute Gasteiger partial charge is 0.164 e. The SMILES string of the molecule is COc1cccc(C(=O)CCNC(C)C(O)c2ccc(F)cc2)c1. The molecule has 0 aliphatic heterocycles. The molecule has 0 fully saturated rings. The largest absolute Gasteiger partial charge is 0.497 e. The zero-order valence-corrected chi connectivity index (χ0v) is 13.8. The number of halogens is 1. The van der Waals surface area contributed by atoms with E-state index < -0.39 is 6.10 Å². The summed E-state index contributed by atoms with van der Waals surface area (Å²) in [7, 11) is 1.56. The van der Waals surface area contributed by atoms with E-state index in [0.717, 1.165) is 0 Å². The van der Waals surface area contributed by atoms with Crippen molar-refractivity contribution in [2.24, 2.45) is 0 Å². The fourth-order valence-electron chi connectivity index (χ4n) is 2.41. The second kappa shape index (κ2) is 8.57. The van der Waals surface area contributed by atoms with Gasteiger partial charge in [-0.15, -0.1) is 0 Å². The molecule has 0 heterocycles. The highest BCUT2D eigenvalue weighted by Gasteiger charge is 2.16. The summed E-state index contributed by atoms with van der Waals surface area (Å²) in [5.41, 5.74) is 1.23. The lowest BCUT2D eigenvalue weighted by atomic mass is 10.0. The summed E-state index contributed by atoms with van der Waals surface area (Å²) >= 11 is 0. The van der Waals surface area contributed by atoms with E-state index >= 15 is 0 Å². The number of aliphatic hydroxyl groups excluding tert-OH is 1. The van der Waals surface area contributed by atoms with Crippen LogP contribution in [0.25, 0.3) is 0 Å². The molecule has 2 atom stereocenters. The third-order valence-corrected chi connectivity index (χ3v) is 3.90. The monoisotopic (exact) mass is 331 g/mol. The third-order valence-electron chi connectivity index (χ3n) is 3.90. The van der Waals surface area contributed by atoms with Gasteiger partial charge in [0.25, 0.3) is 0 Å². The lowest BCUT2D eigenvalue weighted by Crippen LogP contribution is -2.33. The first kappa shape index (κ1) is 18.1. The molecule has 0 aliphatic rings. The van der Waals surface area contributed by atoms with Crippen LogP contribution in [0.3, 0.4) is 0 Å². The van der Waals surface area contributed by atoms with Crippen LogP contribution in [0.1, 0.15) is 35.4 Å². The van der Waals surface area contributed by atoms with Crippen LogP contribution < -0.4 is 10.1 Å². The van der Waals surface area contributed by atoms with E-state index in [1.54, 1.807) is 43.5 Å². The minimum Gasteiger partial charge on any atom is -0.497 e. The molecule has 0 aromatic heterocycles. The van der Waals surface area contributed by atoms with Gasteiger partial charge in [-0.3, -0.25) is 4.79 Å². The Bertz CT molecular complexity index is 673. The number of hydrogen-bond acceptors (Lipinski definition) is 4. The van der Waals surface area contributed by atoms with Gasteiger partial charge in [-0.25, -0.2) is 4.39 Å². The maximum atomic E-state index is 12.9. The van der Waals surface area contributed by atoms with Gasteiger partial charge in [0.05, 0.1) is 13.2 Å². The molecular formula is C19H22FNO3. The van der Waals surface area contributed by atoms with Gasteiger partial charge < -0.3 is 15.2 Å². The van der Waals surface area contributed by atoms with Gasteiger partial charge in [0.2, 0.25) is 0 Å². The molecule has 0 saturated carbocycles. The first-order valence-corrected chi connectivity index (χ1v) is 7.85. The molecule has 0 bridgehead atoms. The normalized spacial score (nSPS) is 13.3. The number of carbonyl (C=O) groups excluding carboxylic acids is 1. The minimum atomic E-state index is -0.766.